The Hall–Kier alpha value is -3.66. The maximum atomic E-state index is 13.2. The Morgan fingerprint density at radius 2 is 1.50 bits per heavy atom. The quantitative estimate of drug-likeness (QED) is 0.430. The Kier molecular flexibility index (Phi) is 5.75. The number of carbonyl (C=O) groups excluding carboxylic acids is 2. The molecule has 1 heterocycles. The third-order valence-electron chi connectivity index (χ3n) is 5.58. The van der Waals surface area contributed by atoms with E-state index in [1.165, 1.54) is 0 Å². The summed E-state index contributed by atoms with van der Waals surface area (Å²) in [7, 11) is 0. The molecule has 4 aromatic rings. The van der Waals surface area contributed by atoms with Gasteiger partial charge in [0.1, 0.15) is 12.0 Å². The highest BCUT2D eigenvalue weighted by Crippen LogP contribution is 2.33. The molecule has 0 aliphatic carbocycles. The van der Waals surface area contributed by atoms with Crippen molar-refractivity contribution in [1.29, 1.82) is 0 Å². The van der Waals surface area contributed by atoms with E-state index in [1.54, 1.807) is 0 Å². The number of amides is 1. The first-order valence-corrected chi connectivity index (χ1v) is 10.1. The fraction of sp³-hybridized carbons (Fsp3) is 0.154. The van der Waals surface area contributed by atoms with Gasteiger partial charge in [-0.3, -0.25) is 4.79 Å². The van der Waals surface area contributed by atoms with Crippen molar-refractivity contribution >= 4 is 23.1 Å². The molecular formula is C26H24N2O2. The Balaban J connectivity index is 1.65. The SMILES string of the molecule is CC(c1ccccc1)c1c(C(=O)NC[C@H](C=O)c2ccccc2)[nH]c2ccccc12. The van der Waals surface area contributed by atoms with Gasteiger partial charge in [-0.05, 0) is 22.8 Å². The molecule has 2 N–H and O–H groups in total. The molecule has 3 aromatic carbocycles. The molecule has 0 saturated heterocycles. The number of para-hydroxylation sites is 1. The zero-order chi connectivity index (χ0) is 20.9. The predicted octanol–water partition coefficient (Wildman–Crippen LogP) is 5.03. The predicted molar refractivity (Wildman–Crippen MR) is 120 cm³/mol. The number of aromatic amines is 1. The zero-order valence-electron chi connectivity index (χ0n) is 16.8. The van der Waals surface area contributed by atoms with Crippen LogP contribution in [0.25, 0.3) is 10.9 Å². The van der Waals surface area contributed by atoms with Gasteiger partial charge in [0, 0.05) is 23.4 Å². The molecule has 0 saturated carbocycles. The van der Waals surface area contributed by atoms with E-state index in [-0.39, 0.29) is 24.3 Å². The molecule has 0 spiro atoms. The Bertz CT molecular complexity index is 1150. The molecular weight excluding hydrogens is 372 g/mol. The normalized spacial score (nSPS) is 13.0. The minimum atomic E-state index is -0.380. The summed E-state index contributed by atoms with van der Waals surface area (Å²) in [5.41, 5.74) is 4.48. The van der Waals surface area contributed by atoms with Crippen molar-refractivity contribution in [2.45, 2.75) is 18.8 Å². The van der Waals surface area contributed by atoms with Crippen LogP contribution in [0, 0.1) is 0 Å². The minimum absolute atomic E-state index is 0.0408. The van der Waals surface area contributed by atoms with E-state index in [9.17, 15) is 9.59 Å². The van der Waals surface area contributed by atoms with Gasteiger partial charge in [-0.1, -0.05) is 85.8 Å². The fourth-order valence-electron chi connectivity index (χ4n) is 3.94. The fourth-order valence-corrected chi connectivity index (χ4v) is 3.94. The standard InChI is InChI=1S/C26H24N2O2/c1-18(19-10-4-2-5-11-19)24-22-14-8-9-15-23(22)28-25(24)26(30)27-16-21(17-29)20-12-6-3-7-13-20/h2-15,17-18,21,28H,16H2,1H3,(H,27,30)/t18?,21-/m1/s1. The highest BCUT2D eigenvalue weighted by Gasteiger charge is 2.23. The summed E-state index contributed by atoms with van der Waals surface area (Å²) in [4.78, 5) is 28.1. The van der Waals surface area contributed by atoms with Crippen LogP contribution in [0.15, 0.2) is 84.9 Å². The number of nitrogens with one attached hydrogen (secondary N) is 2. The van der Waals surface area contributed by atoms with Crippen LogP contribution in [0.1, 0.15) is 45.9 Å². The topological polar surface area (TPSA) is 62.0 Å². The van der Waals surface area contributed by atoms with Gasteiger partial charge in [-0.2, -0.15) is 0 Å². The van der Waals surface area contributed by atoms with E-state index in [0.29, 0.717) is 5.69 Å². The lowest BCUT2D eigenvalue weighted by Gasteiger charge is -2.16. The second-order valence-electron chi connectivity index (χ2n) is 7.45. The molecule has 0 fully saturated rings. The molecule has 0 aliphatic rings. The third kappa shape index (κ3) is 3.90. The van der Waals surface area contributed by atoms with E-state index in [4.69, 9.17) is 0 Å². The first kappa shape index (κ1) is 19.6. The molecule has 1 unspecified atom stereocenters. The van der Waals surface area contributed by atoms with Crippen molar-refractivity contribution in [2.75, 3.05) is 6.54 Å². The Morgan fingerprint density at radius 3 is 2.17 bits per heavy atom. The van der Waals surface area contributed by atoms with Crippen molar-refractivity contribution in [3.05, 3.63) is 107 Å². The van der Waals surface area contributed by atoms with Crippen molar-refractivity contribution < 1.29 is 9.59 Å². The molecule has 4 nitrogen and oxygen atoms in total. The maximum absolute atomic E-state index is 13.2. The lowest BCUT2D eigenvalue weighted by atomic mass is 9.90. The average molecular weight is 396 g/mol. The van der Waals surface area contributed by atoms with E-state index < -0.39 is 0 Å². The lowest BCUT2D eigenvalue weighted by Crippen LogP contribution is -2.30. The van der Waals surface area contributed by atoms with Crippen LogP contribution in [0.4, 0.5) is 0 Å². The monoisotopic (exact) mass is 396 g/mol. The van der Waals surface area contributed by atoms with Gasteiger partial charge in [0.05, 0.1) is 5.92 Å². The van der Waals surface area contributed by atoms with E-state index in [0.717, 1.165) is 33.9 Å². The molecule has 1 aromatic heterocycles. The highest BCUT2D eigenvalue weighted by atomic mass is 16.2. The third-order valence-corrected chi connectivity index (χ3v) is 5.58. The van der Waals surface area contributed by atoms with E-state index in [2.05, 4.69) is 29.4 Å². The molecule has 4 heteroatoms. The molecule has 2 atom stereocenters. The Morgan fingerprint density at radius 1 is 0.900 bits per heavy atom. The molecule has 150 valence electrons. The second-order valence-corrected chi connectivity index (χ2v) is 7.45. The highest BCUT2D eigenvalue weighted by molar-refractivity contribution is 6.01. The van der Waals surface area contributed by atoms with Gasteiger partial charge in [0.25, 0.3) is 5.91 Å². The molecule has 0 aliphatic heterocycles. The first-order chi connectivity index (χ1) is 14.7. The van der Waals surface area contributed by atoms with Gasteiger partial charge < -0.3 is 15.1 Å². The van der Waals surface area contributed by atoms with Crippen LogP contribution in [0.3, 0.4) is 0 Å². The lowest BCUT2D eigenvalue weighted by molar-refractivity contribution is -0.108. The Labute approximate surface area is 175 Å². The first-order valence-electron chi connectivity index (χ1n) is 10.1. The summed E-state index contributed by atoms with van der Waals surface area (Å²) in [6.45, 7) is 2.36. The number of rotatable bonds is 7. The van der Waals surface area contributed by atoms with Crippen LogP contribution in [-0.2, 0) is 4.79 Å². The van der Waals surface area contributed by atoms with E-state index in [1.807, 2.05) is 72.8 Å². The molecule has 0 radical (unpaired) electrons. The number of aldehydes is 1. The molecule has 30 heavy (non-hydrogen) atoms. The van der Waals surface area contributed by atoms with Gasteiger partial charge in [0.15, 0.2) is 0 Å². The second kappa shape index (κ2) is 8.78. The summed E-state index contributed by atoms with van der Waals surface area (Å²) in [6, 6.07) is 27.6. The summed E-state index contributed by atoms with van der Waals surface area (Å²) in [6.07, 6.45) is 0.883. The van der Waals surface area contributed by atoms with Gasteiger partial charge in [-0.15, -0.1) is 0 Å². The van der Waals surface area contributed by atoms with Crippen LogP contribution < -0.4 is 5.32 Å². The summed E-state index contributed by atoms with van der Waals surface area (Å²) >= 11 is 0. The number of fused-ring (bicyclic) bond motifs is 1. The summed E-state index contributed by atoms with van der Waals surface area (Å²) < 4.78 is 0. The number of H-pyrrole nitrogens is 1. The maximum Gasteiger partial charge on any atom is 0.268 e. The average Bonchev–Trinajstić information content (AvgIpc) is 3.20. The minimum Gasteiger partial charge on any atom is -0.350 e. The molecule has 4 rings (SSSR count). The largest absolute Gasteiger partial charge is 0.350 e. The molecule has 1 amide bonds. The van der Waals surface area contributed by atoms with Gasteiger partial charge >= 0.3 is 0 Å². The van der Waals surface area contributed by atoms with Crippen molar-refractivity contribution in [3.63, 3.8) is 0 Å². The number of benzene rings is 3. The van der Waals surface area contributed by atoms with Gasteiger partial charge in [0.2, 0.25) is 0 Å². The number of hydrogen-bond donors (Lipinski definition) is 2. The van der Waals surface area contributed by atoms with Crippen molar-refractivity contribution in [2.24, 2.45) is 0 Å². The number of hydrogen-bond acceptors (Lipinski definition) is 2. The summed E-state index contributed by atoms with van der Waals surface area (Å²) in [5.74, 6) is -0.541. The summed E-state index contributed by atoms with van der Waals surface area (Å²) in [5, 5.41) is 3.99. The van der Waals surface area contributed by atoms with Crippen LogP contribution in [-0.4, -0.2) is 23.7 Å². The number of aromatic nitrogens is 1. The molecule has 0 bridgehead atoms. The van der Waals surface area contributed by atoms with Crippen molar-refractivity contribution in [3.8, 4) is 0 Å². The van der Waals surface area contributed by atoms with Gasteiger partial charge in [-0.25, -0.2) is 0 Å². The van der Waals surface area contributed by atoms with Crippen molar-refractivity contribution in [1.82, 2.24) is 10.3 Å². The zero-order valence-corrected chi connectivity index (χ0v) is 16.8. The van der Waals surface area contributed by atoms with Crippen LogP contribution in [0.5, 0.6) is 0 Å². The number of carbonyl (C=O) groups is 2. The van der Waals surface area contributed by atoms with Crippen LogP contribution >= 0.6 is 0 Å². The van der Waals surface area contributed by atoms with E-state index >= 15 is 0 Å². The van der Waals surface area contributed by atoms with Crippen LogP contribution in [0.2, 0.25) is 0 Å². The smallest absolute Gasteiger partial charge is 0.268 e.